The van der Waals surface area contributed by atoms with Crippen LogP contribution in [0, 0.1) is 0 Å². The molecule has 0 aliphatic carbocycles. The summed E-state index contributed by atoms with van der Waals surface area (Å²) in [6, 6.07) is 4.52. The predicted octanol–water partition coefficient (Wildman–Crippen LogP) is 2.31. The lowest BCUT2D eigenvalue weighted by molar-refractivity contribution is 0.108. The summed E-state index contributed by atoms with van der Waals surface area (Å²) in [6.45, 7) is 0.472. The van der Waals surface area contributed by atoms with Gasteiger partial charge in [-0.2, -0.15) is 0 Å². The van der Waals surface area contributed by atoms with Gasteiger partial charge >= 0.3 is 0 Å². The molecule has 0 aliphatic rings. The van der Waals surface area contributed by atoms with Crippen LogP contribution >= 0.6 is 34.8 Å². The number of nitrogens with two attached hydrogens (primary N) is 1. The van der Waals surface area contributed by atoms with Crippen molar-refractivity contribution in [3.05, 3.63) is 33.8 Å². The van der Waals surface area contributed by atoms with Gasteiger partial charge in [-0.1, -0.05) is 23.2 Å². The zero-order valence-corrected chi connectivity index (χ0v) is 9.98. The van der Waals surface area contributed by atoms with Gasteiger partial charge in [0.2, 0.25) is 0 Å². The number of carbonyl (C=O) groups excluding carboxylic acids is 1. The highest BCUT2D eigenvalue weighted by Gasteiger charge is 2.06. The fourth-order valence-electron chi connectivity index (χ4n) is 0.649. The minimum absolute atomic E-state index is 0.0972. The first-order valence-electron chi connectivity index (χ1n) is 3.98. The topological polar surface area (TPSA) is 63.3 Å². The summed E-state index contributed by atoms with van der Waals surface area (Å²) in [5.74, 6) is 0. The molecule has 3 N–H and O–H groups in total. The lowest BCUT2D eigenvalue weighted by atomic mass is 10.2. The molecule has 3 nitrogen and oxygen atoms in total. The second-order valence-corrected chi connectivity index (χ2v) is 3.60. The quantitative estimate of drug-likeness (QED) is 0.811. The summed E-state index contributed by atoms with van der Waals surface area (Å²) in [7, 11) is 0. The van der Waals surface area contributed by atoms with Gasteiger partial charge < -0.3 is 10.8 Å². The molecule has 0 heterocycles. The molecule has 1 rings (SSSR count). The summed E-state index contributed by atoms with van der Waals surface area (Å²) in [4.78, 5) is 10.6. The maximum atomic E-state index is 10.6. The van der Waals surface area contributed by atoms with Gasteiger partial charge in [-0.3, -0.25) is 4.79 Å². The van der Waals surface area contributed by atoms with Crippen molar-refractivity contribution in [2.75, 3.05) is 13.2 Å². The van der Waals surface area contributed by atoms with E-state index in [9.17, 15) is 4.79 Å². The van der Waals surface area contributed by atoms with E-state index in [0.717, 1.165) is 0 Å². The average molecular weight is 271 g/mol. The molecule has 84 valence electrons. The van der Waals surface area contributed by atoms with Crippen molar-refractivity contribution in [1.29, 1.82) is 0 Å². The number of halogens is 3. The molecule has 0 bridgehead atoms. The Morgan fingerprint density at radius 3 is 2.27 bits per heavy atom. The fraction of sp³-hybridized carbons (Fsp3) is 0.222. The van der Waals surface area contributed by atoms with E-state index in [1.165, 1.54) is 12.1 Å². The van der Waals surface area contributed by atoms with E-state index in [0.29, 0.717) is 11.6 Å². The first kappa shape index (κ1) is 14.7. The Hall–Kier alpha value is -0.320. The van der Waals surface area contributed by atoms with Crippen molar-refractivity contribution in [3.8, 4) is 0 Å². The van der Waals surface area contributed by atoms with Crippen LogP contribution in [-0.2, 0) is 0 Å². The van der Waals surface area contributed by atoms with E-state index < -0.39 is 5.24 Å². The zero-order valence-electron chi connectivity index (χ0n) is 7.71. The van der Waals surface area contributed by atoms with Crippen LogP contribution in [0.4, 0.5) is 0 Å². The smallest absolute Gasteiger partial charge is 0.253 e. The van der Waals surface area contributed by atoms with E-state index in [1.54, 1.807) is 6.07 Å². The van der Waals surface area contributed by atoms with E-state index >= 15 is 0 Å². The molecule has 6 heteroatoms. The van der Waals surface area contributed by atoms with Crippen molar-refractivity contribution >= 4 is 40.0 Å². The van der Waals surface area contributed by atoms with Crippen LogP contribution < -0.4 is 5.73 Å². The Kier molecular flexibility index (Phi) is 7.74. The SMILES string of the molecule is NCCO.O=C(Cl)c1ccc(Cl)cc1Cl. The minimum atomic E-state index is -0.577. The Morgan fingerprint density at radius 1 is 1.40 bits per heavy atom. The van der Waals surface area contributed by atoms with Crippen LogP contribution in [0.1, 0.15) is 10.4 Å². The monoisotopic (exact) mass is 269 g/mol. The lowest BCUT2D eigenvalue weighted by Crippen LogP contribution is -2.02. The van der Waals surface area contributed by atoms with Crippen molar-refractivity contribution in [3.63, 3.8) is 0 Å². The molecule has 0 saturated carbocycles. The molecule has 0 spiro atoms. The number of aliphatic hydroxyl groups excluding tert-OH is 1. The molecule has 15 heavy (non-hydrogen) atoms. The van der Waals surface area contributed by atoms with Gasteiger partial charge in [-0.15, -0.1) is 0 Å². The van der Waals surface area contributed by atoms with Crippen LogP contribution in [0.3, 0.4) is 0 Å². The van der Waals surface area contributed by atoms with Gasteiger partial charge in [0.25, 0.3) is 5.24 Å². The molecule has 0 fully saturated rings. The Bertz CT molecular complexity index is 329. The summed E-state index contributed by atoms with van der Waals surface area (Å²) in [6.07, 6.45) is 0. The lowest BCUT2D eigenvalue weighted by Gasteiger charge is -1.96. The summed E-state index contributed by atoms with van der Waals surface area (Å²) < 4.78 is 0. The van der Waals surface area contributed by atoms with Gasteiger partial charge in [0.05, 0.1) is 17.2 Å². The third-order valence-corrected chi connectivity index (χ3v) is 2.02. The normalized spacial score (nSPS) is 9.13. The van der Waals surface area contributed by atoms with Crippen LogP contribution in [0.2, 0.25) is 10.0 Å². The third kappa shape index (κ3) is 5.97. The largest absolute Gasteiger partial charge is 0.395 e. The molecule has 0 aliphatic heterocycles. The average Bonchev–Trinajstić information content (AvgIpc) is 2.17. The zero-order chi connectivity index (χ0) is 11.8. The number of benzene rings is 1. The molecule has 1 aromatic carbocycles. The second-order valence-electron chi connectivity index (χ2n) is 2.41. The summed E-state index contributed by atoms with van der Waals surface area (Å²) >= 11 is 16.4. The van der Waals surface area contributed by atoms with Gasteiger partial charge in [0.15, 0.2) is 0 Å². The number of rotatable bonds is 2. The maximum Gasteiger partial charge on any atom is 0.253 e. The molecule has 0 saturated heterocycles. The van der Waals surface area contributed by atoms with Crippen LogP contribution in [-0.4, -0.2) is 23.5 Å². The van der Waals surface area contributed by atoms with Crippen LogP contribution in [0.5, 0.6) is 0 Å². The van der Waals surface area contributed by atoms with E-state index in [-0.39, 0.29) is 17.2 Å². The highest BCUT2D eigenvalue weighted by Crippen LogP contribution is 2.21. The van der Waals surface area contributed by atoms with Crippen molar-refractivity contribution < 1.29 is 9.90 Å². The Labute approximate surface area is 103 Å². The highest BCUT2D eigenvalue weighted by atomic mass is 35.5. The van der Waals surface area contributed by atoms with E-state index in [1.807, 2.05) is 0 Å². The van der Waals surface area contributed by atoms with Crippen molar-refractivity contribution in [1.82, 2.24) is 0 Å². The molecule has 0 unspecified atom stereocenters. The Morgan fingerprint density at radius 2 is 1.93 bits per heavy atom. The molecule has 0 radical (unpaired) electrons. The highest BCUT2D eigenvalue weighted by molar-refractivity contribution is 6.68. The number of hydrogen-bond donors (Lipinski definition) is 2. The summed E-state index contributed by atoms with van der Waals surface area (Å²) in [5, 5.41) is 7.93. The van der Waals surface area contributed by atoms with Crippen molar-refractivity contribution in [2.45, 2.75) is 0 Å². The minimum Gasteiger partial charge on any atom is -0.395 e. The Balaban J connectivity index is 0.000000423. The molecule has 0 amide bonds. The fourth-order valence-corrected chi connectivity index (χ4v) is 1.36. The molecule has 0 aromatic heterocycles. The predicted molar refractivity (Wildman–Crippen MR) is 62.8 cm³/mol. The maximum absolute atomic E-state index is 10.6. The van der Waals surface area contributed by atoms with E-state index in [2.05, 4.69) is 0 Å². The van der Waals surface area contributed by atoms with E-state index in [4.69, 9.17) is 45.6 Å². The number of carbonyl (C=O) groups is 1. The third-order valence-electron chi connectivity index (χ3n) is 1.27. The molecular weight excluding hydrogens is 260 g/mol. The first-order chi connectivity index (χ1) is 7.02. The number of hydrogen-bond acceptors (Lipinski definition) is 3. The van der Waals surface area contributed by atoms with Gasteiger partial charge in [0, 0.05) is 11.6 Å². The standard InChI is InChI=1S/C7H3Cl3O.C2H7NO/c8-4-1-2-5(7(10)11)6(9)3-4;3-1-2-4/h1-3H;4H,1-3H2. The first-order valence-corrected chi connectivity index (χ1v) is 5.12. The second kappa shape index (κ2) is 7.91. The summed E-state index contributed by atoms with van der Waals surface area (Å²) in [5.41, 5.74) is 5.05. The van der Waals surface area contributed by atoms with Crippen LogP contribution in [0.15, 0.2) is 18.2 Å². The van der Waals surface area contributed by atoms with Gasteiger partial charge in [0.1, 0.15) is 0 Å². The molecular formula is C9H10Cl3NO2. The number of aliphatic hydroxyl groups is 1. The van der Waals surface area contributed by atoms with Gasteiger partial charge in [-0.25, -0.2) is 0 Å². The molecule has 0 atom stereocenters. The van der Waals surface area contributed by atoms with Crippen molar-refractivity contribution in [2.24, 2.45) is 5.73 Å². The van der Waals surface area contributed by atoms with Gasteiger partial charge in [-0.05, 0) is 29.8 Å². The molecule has 1 aromatic rings. The van der Waals surface area contributed by atoms with Crippen LogP contribution in [0.25, 0.3) is 0 Å².